The molecule has 0 fully saturated rings. The highest BCUT2D eigenvalue weighted by atomic mass is 32.1. The van der Waals surface area contributed by atoms with Gasteiger partial charge in [0.05, 0.1) is 46.3 Å². The van der Waals surface area contributed by atoms with Gasteiger partial charge in [-0.15, -0.1) is 22.7 Å². The number of hydrogen-bond acceptors (Lipinski definition) is 12. The Kier molecular flexibility index (Phi) is 15.7. The van der Waals surface area contributed by atoms with Crippen LogP contribution in [0.25, 0.3) is 198 Å². The highest BCUT2D eigenvalue weighted by molar-refractivity contribution is 7.13. The van der Waals surface area contributed by atoms with Crippen molar-refractivity contribution in [3.63, 3.8) is 0 Å². The Morgan fingerprint density at radius 2 is 0.538 bits per heavy atom. The van der Waals surface area contributed by atoms with Gasteiger partial charge in [0.15, 0.2) is 0 Å². The zero-order chi connectivity index (χ0) is 68.9. The van der Waals surface area contributed by atoms with Gasteiger partial charge in [0.2, 0.25) is 11.8 Å². The number of hydrogen-bond donors (Lipinski definition) is 0. The maximum absolute atomic E-state index is 5.56. The van der Waals surface area contributed by atoms with Gasteiger partial charge in [-0.05, 0) is 170 Å². The molecule has 8 heterocycles. The van der Waals surface area contributed by atoms with Gasteiger partial charge in [-0.1, -0.05) is 206 Å². The van der Waals surface area contributed by atoms with Crippen LogP contribution < -0.4 is 0 Å². The molecule has 0 saturated carbocycles. The maximum atomic E-state index is 5.56. The summed E-state index contributed by atoms with van der Waals surface area (Å²) in [5.74, 6) is 1.08. The van der Waals surface area contributed by atoms with E-state index in [1.807, 2.05) is 66.1 Å². The van der Waals surface area contributed by atoms with Crippen LogP contribution in [0.3, 0.4) is 0 Å². The second kappa shape index (κ2) is 26.5. The number of aromatic nitrogens is 8. The van der Waals surface area contributed by atoms with Gasteiger partial charge in [0.1, 0.15) is 22.5 Å². The van der Waals surface area contributed by atoms with Crippen molar-refractivity contribution in [1.82, 2.24) is 39.9 Å². The minimum atomic E-state index is 0.539. The Bertz CT molecular complexity index is 6120. The van der Waals surface area contributed by atoms with Gasteiger partial charge in [-0.3, -0.25) is 19.9 Å². The Labute approximate surface area is 605 Å². The van der Waals surface area contributed by atoms with E-state index in [2.05, 4.69) is 269 Å². The largest absolute Gasteiger partial charge is 0.444 e. The molecular weight excluding hydrogens is 1310 g/mol. The number of thiazole rings is 2. The summed E-state index contributed by atoms with van der Waals surface area (Å²) in [5.41, 5.74) is 21.0. The fourth-order valence-electron chi connectivity index (χ4n) is 14.6. The Morgan fingerprint density at radius 3 is 0.885 bits per heavy atom. The van der Waals surface area contributed by atoms with Crippen molar-refractivity contribution in [2.75, 3.05) is 0 Å². The summed E-state index contributed by atoms with van der Waals surface area (Å²) in [4.78, 5) is 37.7. The van der Waals surface area contributed by atoms with Crippen LogP contribution in [0.1, 0.15) is 0 Å². The molecule has 0 aliphatic rings. The quantitative estimate of drug-likeness (QED) is 0.109. The minimum Gasteiger partial charge on any atom is -0.444 e. The van der Waals surface area contributed by atoms with Gasteiger partial charge >= 0.3 is 0 Å². The number of nitrogens with zero attached hydrogens (tertiary/aromatic N) is 8. The Hall–Kier alpha value is -13.5. The van der Waals surface area contributed by atoms with Crippen molar-refractivity contribution in [1.29, 1.82) is 0 Å². The minimum absolute atomic E-state index is 0.539. The van der Waals surface area contributed by atoms with Crippen molar-refractivity contribution in [3.05, 3.63) is 340 Å². The van der Waals surface area contributed by atoms with Crippen LogP contribution in [0.5, 0.6) is 0 Å². The smallest absolute Gasteiger partial charge is 0.227 e. The molecule has 0 amide bonds. The SMILES string of the molecule is c1ccc2c(-c3ccc(-c4ccc5c(-c6ccc(-c7ncco7)cn6)c6ccccc6c(-c6ccc(-c7ncco7)cn6)c5c4)cc3)cccc2c1.c1ccc2c(-c3ccc(-c4ccc5c(-c6ccc(-c7nccs7)cn6)c6ccccc6c(-c6ccc(-c7nccs7)cn6)c5c4)cc3)cccc2c1. The van der Waals surface area contributed by atoms with Gasteiger partial charge in [0, 0.05) is 81.3 Å². The van der Waals surface area contributed by atoms with Crippen molar-refractivity contribution in [2.24, 2.45) is 0 Å². The summed E-state index contributed by atoms with van der Waals surface area (Å²) < 4.78 is 11.1. The Balaban J connectivity index is 0.000000143. The average Bonchev–Trinajstić information content (AvgIpc) is 0.881. The lowest BCUT2D eigenvalue weighted by Crippen LogP contribution is -1.95. The van der Waals surface area contributed by atoms with E-state index in [-0.39, 0.29) is 0 Å². The Morgan fingerprint density at radius 1 is 0.221 bits per heavy atom. The van der Waals surface area contributed by atoms with E-state index in [9.17, 15) is 0 Å². The normalized spacial score (nSPS) is 11.5. The molecule has 12 aromatic carbocycles. The molecule has 104 heavy (non-hydrogen) atoms. The molecule has 8 aromatic heterocycles. The lowest BCUT2D eigenvalue weighted by Gasteiger charge is -2.18. The van der Waals surface area contributed by atoms with Crippen molar-refractivity contribution in [3.8, 4) is 134 Å². The molecule has 0 aliphatic heterocycles. The second-order valence-electron chi connectivity index (χ2n) is 25.4. The van der Waals surface area contributed by atoms with Crippen molar-refractivity contribution < 1.29 is 8.83 Å². The first-order valence-corrected chi connectivity index (χ1v) is 35.9. The lowest BCUT2D eigenvalue weighted by molar-refractivity contribution is 0.574. The molecule has 0 N–H and O–H groups in total. The van der Waals surface area contributed by atoms with Gasteiger partial charge < -0.3 is 8.83 Å². The topological polar surface area (TPSA) is 129 Å². The third kappa shape index (κ3) is 11.3. The first-order chi connectivity index (χ1) is 51.6. The van der Waals surface area contributed by atoms with E-state index < -0.39 is 0 Å². The predicted octanol–water partition coefficient (Wildman–Crippen LogP) is 24.8. The van der Waals surface area contributed by atoms with Gasteiger partial charge in [0.25, 0.3) is 0 Å². The van der Waals surface area contributed by atoms with E-state index >= 15 is 0 Å². The second-order valence-corrected chi connectivity index (χ2v) is 27.2. The molecule has 0 radical (unpaired) electrons. The molecule has 0 saturated heterocycles. The van der Waals surface area contributed by atoms with Crippen LogP contribution >= 0.6 is 22.7 Å². The molecule has 0 atom stereocenters. The van der Waals surface area contributed by atoms with E-state index in [0.29, 0.717) is 11.8 Å². The standard InChI is InChI=1S/C46H28N4O2.C46H28N4S2/c2*1-2-8-35-30(6-1)7-5-11-36(35)31-14-12-29(13-15-31)32-16-19-39-40(26-32)44(42-21-18-34(28-50-42)46-48-23-25-52-46)38-10-4-3-9-37(38)43(39)41-20-17-33(27-49-41)45-47-22-24-51-45/h2*1-28H. The number of benzene rings is 12. The summed E-state index contributed by atoms with van der Waals surface area (Å²) in [6, 6.07) is 95.2. The molecule has 488 valence electrons. The van der Waals surface area contributed by atoms with Crippen LogP contribution in [0.4, 0.5) is 0 Å². The van der Waals surface area contributed by atoms with Crippen LogP contribution in [-0.4, -0.2) is 39.9 Å². The van der Waals surface area contributed by atoms with Crippen molar-refractivity contribution in [2.45, 2.75) is 0 Å². The lowest BCUT2D eigenvalue weighted by atomic mass is 9.87. The van der Waals surface area contributed by atoms with Crippen LogP contribution in [0, 0.1) is 0 Å². The highest BCUT2D eigenvalue weighted by Gasteiger charge is 2.23. The van der Waals surface area contributed by atoms with E-state index in [4.69, 9.17) is 28.8 Å². The van der Waals surface area contributed by atoms with E-state index in [0.717, 1.165) is 143 Å². The van der Waals surface area contributed by atoms with Crippen LogP contribution in [0.15, 0.2) is 349 Å². The molecule has 20 rings (SSSR count). The van der Waals surface area contributed by atoms with Crippen LogP contribution in [-0.2, 0) is 0 Å². The van der Waals surface area contributed by atoms with E-state index in [1.165, 1.54) is 43.8 Å². The van der Waals surface area contributed by atoms with Crippen LogP contribution in [0.2, 0.25) is 0 Å². The summed E-state index contributed by atoms with van der Waals surface area (Å²) in [5, 5.41) is 19.8. The predicted molar refractivity (Wildman–Crippen MR) is 426 cm³/mol. The number of pyridine rings is 4. The highest BCUT2D eigenvalue weighted by Crippen LogP contribution is 2.48. The summed E-state index contributed by atoms with van der Waals surface area (Å²) in [6.07, 6.45) is 17.6. The van der Waals surface area contributed by atoms with Crippen molar-refractivity contribution >= 4 is 87.3 Å². The molecule has 0 bridgehead atoms. The van der Waals surface area contributed by atoms with E-state index in [1.54, 1.807) is 47.6 Å². The fraction of sp³-hybridized carbons (Fsp3) is 0. The first kappa shape index (κ1) is 61.6. The molecule has 20 aromatic rings. The number of oxazole rings is 2. The summed E-state index contributed by atoms with van der Waals surface area (Å²) in [7, 11) is 0. The maximum Gasteiger partial charge on any atom is 0.227 e. The molecule has 0 aliphatic carbocycles. The number of fused-ring (bicyclic) bond motifs is 6. The summed E-state index contributed by atoms with van der Waals surface area (Å²) >= 11 is 3.24. The zero-order valence-corrected chi connectivity index (χ0v) is 57.2. The monoisotopic (exact) mass is 1370 g/mol. The third-order valence-corrected chi connectivity index (χ3v) is 21.1. The van der Waals surface area contributed by atoms with Gasteiger partial charge in [-0.25, -0.2) is 19.9 Å². The van der Waals surface area contributed by atoms with Gasteiger partial charge in [-0.2, -0.15) is 0 Å². The molecule has 0 spiro atoms. The average molecular weight is 1370 g/mol. The first-order valence-electron chi connectivity index (χ1n) is 34.2. The zero-order valence-electron chi connectivity index (χ0n) is 55.5. The fourth-order valence-corrected chi connectivity index (χ4v) is 15.9. The number of rotatable bonds is 12. The molecular formula is C92H56N8O2S2. The summed E-state index contributed by atoms with van der Waals surface area (Å²) in [6.45, 7) is 0. The molecule has 0 unspecified atom stereocenters. The molecule has 10 nitrogen and oxygen atoms in total. The third-order valence-electron chi connectivity index (χ3n) is 19.5. The molecule has 12 heteroatoms.